The lowest BCUT2D eigenvalue weighted by molar-refractivity contribution is 0.0826. The van der Waals surface area contributed by atoms with Crippen molar-refractivity contribution in [3.05, 3.63) is 25.0 Å². The summed E-state index contributed by atoms with van der Waals surface area (Å²) in [4.78, 5) is 6.50. The van der Waals surface area contributed by atoms with Gasteiger partial charge in [0, 0.05) is 39.1 Å². The zero-order valence-electron chi connectivity index (χ0n) is 11.6. The fraction of sp³-hybridized carbons (Fsp3) is 0.615. The Morgan fingerprint density at radius 2 is 2.44 bits per heavy atom. The van der Waals surface area contributed by atoms with Crippen LogP contribution >= 0.6 is 0 Å². The average Bonchev–Trinajstić information content (AvgIpc) is 2.82. The molecule has 0 fully saturated rings. The van der Waals surface area contributed by atoms with Crippen molar-refractivity contribution in [2.45, 2.75) is 19.6 Å². The van der Waals surface area contributed by atoms with Crippen molar-refractivity contribution >= 4 is 5.95 Å². The third-order valence-corrected chi connectivity index (χ3v) is 2.92. The van der Waals surface area contributed by atoms with Gasteiger partial charge in [0.05, 0.1) is 6.10 Å². The lowest BCUT2D eigenvalue weighted by Crippen LogP contribution is -2.35. The van der Waals surface area contributed by atoms with Crippen molar-refractivity contribution in [3.63, 3.8) is 0 Å². The third-order valence-electron chi connectivity index (χ3n) is 2.92. The number of methoxy groups -OCH3 is 1. The number of aromatic nitrogens is 2. The molecule has 0 aliphatic carbocycles. The molecule has 1 aromatic heterocycles. The molecule has 1 unspecified atom stereocenters. The van der Waals surface area contributed by atoms with E-state index in [1.54, 1.807) is 13.3 Å². The van der Waals surface area contributed by atoms with E-state index in [9.17, 15) is 0 Å². The zero-order chi connectivity index (χ0) is 13.4. The maximum atomic E-state index is 5.46. The number of hydrogen-bond donors (Lipinski definition) is 1. The Labute approximate surface area is 109 Å². The van der Waals surface area contributed by atoms with Crippen LogP contribution in [0.25, 0.3) is 0 Å². The summed E-state index contributed by atoms with van der Waals surface area (Å²) >= 11 is 0. The molecular formula is C13H24N4O. The largest absolute Gasteiger partial charge is 0.378 e. The Morgan fingerprint density at radius 3 is 3.06 bits per heavy atom. The van der Waals surface area contributed by atoms with Gasteiger partial charge in [0.1, 0.15) is 0 Å². The number of nitrogens with one attached hydrogen (secondary N) is 1. The quantitative estimate of drug-likeness (QED) is 0.675. The molecule has 1 N–H and O–H groups in total. The maximum Gasteiger partial charge on any atom is 0.203 e. The van der Waals surface area contributed by atoms with E-state index in [4.69, 9.17) is 4.74 Å². The fourth-order valence-electron chi connectivity index (χ4n) is 1.67. The monoisotopic (exact) mass is 252 g/mol. The second kappa shape index (κ2) is 7.89. The first-order valence-corrected chi connectivity index (χ1v) is 6.28. The molecule has 1 rings (SSSR count). The summed E-state index contributed by atoms with van der Waals surface area (Å²) < 4.78 is 7.48. The molecule has 5 nitrogen and oxygen atoms in total. The van der Waals surface area contributed by atoms with Crippen molar-refractivity contribution in [1.82, 2.24) is 14.5 Å². The molecule has 0 radical (unpaired) electrons. The molecule has 0 aromatic carbocycles. The van der Waals surface area contributed by atoms with Crippen molar-refractivity contribution in [1.29, 1.82) is 0 Å². The minimum absolute atomic E-state index is 0.156. The number of anilines is 1. The van der Waals surface area contributed by atoms with Gasteiger partial charge in [-0.1, -0.05) is 13.0 Å². The number of allylic oxidation sites excluding steroid dienone is 1. The van der Waals surface area contributed by atoms with E-state index in [0.717, 1.165) is 32.1 Å². The summed E-state index contributed by atoms with van der Waals surface area (Å²) in [5, 5.41) is 3.31. The van der Waals surface area contributed by atoms with Gasteiger partial charge in [-0.3, -0.25) is 0 Å². The Bertz CT molecular complexity index is 351. The van der Waals surface area contributed by atoms with Crippen LogP contribution in [0.2, 0.25) is 0 Å². The van der Waals surface area contributed by atoms with Gasteiger partial charge in [-0.25, -0.2) is 4.98 Å². The molecule has 0 saturated carbocycles. The van der Waals surface area contributed by atoms with Crippen molar-refractivity contribution in [2.24, 2.45) is 0 Å². The van der Waals surface area contributed by atoms with E-state index in [2.05, 4.69) is 35.8 Å². The van der Waals surface area contributed by atoms with Crippen molar-refractivity contribution < 1.29 is 4.74 Å². The van der Waals surface area contributed by atoms with Crippen molar-refractivity contribution in [3.8, 4) is 0 Å². The van der Waals surface area contributed by atoms with E-state index < -0.39 is 0 Å². The van der Waals surface area contributed by atoms with Gasteiger partial charge in [0.25, 0.3) is 0 Å². The average molecular weight is 252 g/mol. The Morgan fingerprint density at radius 1 is 1.67 bits per heavy atom. The van der Waals surface area contributed by atoms with Crippen LogP contribution in [-0.2, 0) is 11.3 Å². The molecule has 0 saturated heterocycles. The normalized spacial score (nSPS) is 12.7. The number of hydrogen-bond acceptors (Lipinski definition) is 4. The van der Waals surface area contributed by atoms with Crippen LogP contribution in [0.15, 0.2) is 25.0 Å². The smallest absolute Gasteiger partial charge is 0.203 e. The highest BCUT2D eigenvalue weighted by Crippen LogP contribution is 2.05. The standard InChI is InChI=1S/C13H24N4O/c1-5-8-17-9-7-14-13(17)15-10-12(18-4)11-16(3)6-2/h5,7,9,12H,1,6,8,10-11H2,2-4H3,(H,14,15). The summed E-state index contributed by atoms with van der Waals surface area (Å²) in [6.07, 6.45) is 5.73. The number of likely N-dealkylation sites (N-methyl/N-ethyl adjacent to an activating group) is 1. The summed E-state index contributed by atoms with van der Waals surface area (Å²) in [5.74, 6) is 0.858. The molecule has 0 aliphatic heterocycles. The van der Waals surface area contributed by atoms with Crippen LogP contribution in [0.3, 0.4) is 0 Å². The first-order valence-electron chi connectivity index (χ1n) is 6.28. The number of imidazole rings is 1. The fourth-order valence-corrected chi connectivity index (χ4v) is 1.67. The molecule has 1 heterocycles. The van der Waals surface area contributed by atoms with Crippen molar-refractivity contribution in [2.75, 3.05) is 39.1 Å². The minimum Gasteiger partial charge on any atom is -0.378 e. The van der Waals surface area contributed by atoms with Crippen LogP contribution in [0.5, 0.6) is 0 Å². The highest BCUT2D eigenvalue weighted by molar-refractivity contribution is 5.26. The second-order valence-corrected chi connectivity index (χ2v) is 4.29. The third kappa shape index (κ3) is 4.50. The molecular weight excluding hydrogens is 228 g/mol. The highest BCUT2D eigenvalue weighted by Gasteiger charge is 2.11. The van der Waals surface area contributed by atoms with Gasteiger partial charge in [0.15, 0.2) is 0 Å². The SMILES string of the molecule is C=CCn1ccnc1NCC(CN(C)CC)OC. The molecule has 1 aromatic rings. The predicted octanol–water partition coefficient (Wildman–Crippen LogP) is 1.45. The summed E-state index contributed by atoms with van der Waals surface area (Å²) in [6.45, 7) is 9.29. The van der Waals surface area contributed by atoms with E-state index in [-0.39, 0.29) is 6.10 Å². The molecule has 1 atom stereocenters. The first-order chi connectivity index (χ1) is 8.71. The number of ether oxygens (including phenoxy) is 1. The van der Waals surface area contributed by atoms with Crippen LogP contribution in [0, 0.1) is 0 Å². The van der Waals surface area contributed by atoms with E-state index in [1.165, 1.54) is 0 Å². The predicted molar refractivity (Wildman–Crippen MR) is 74.9 cm³/mol. The highest BCUT2D eigenvalue weighted by atomic mass is 16.5. The van der Waals surface area contributed by atoms with E-state index in [1.807, 2.05) is 16.8 Å². The number of nitrogens with zero attached hydrogens (tertiary/aromatic N) is 3. The second-order valence-electron chi connectivity index (χ2n) is 4.29. The zero-order valence-corrected chi connectivity index (χ0v) is 11.6. The maximum absolute atomic E-state index is 5.46. The molecule has 0 amide bonds. The number of rotatable bonds is 9. The Kier molecular flexibility index (Phi) is 6.46. The van der Waals surface area contributed by atoms with Gasteiger partial charge < -0.3 is 19.5 Å². The van der Waals surface area contributed by atoms with Crippen LogP contribution in [-0.4, -0.2) is 54.3 Å². The van der Waals surface area contributed by atoms with E-state index in [0.29, 0.717) is 0 Å². The van der Waals surface area contributed by atoms with Gasteiger partial charge in [-0.2, -0.15) is 0 Å². The topological polar surface area (TPSA) is 42.3 Å². The van der Waals surface area contributed by atoms with Gasteiger partial charge >= 0.3 is 0 Å². The molecule has 0 spiro atoms. The molecule has 0 bridgehead atoms. The lowest BCUT2D eigenvalue weighted by Gasteiger charge is -2.22. The van der Waals surface area contributed by atoms with Crippen LogP contribution in [0.4, 0.5) is 5.95 Å². The van der Waals surface area contributed by atoms with Crippen LogP contribution in [0.1, 0.15) is 6.92 Å². The Balaban J connectivity index is 2.46. The summed E-state index contributed by atoms with van der Waals surface area (Å²) in [7, 11) is 3.83. The molecule has 18 heavy (non-hydrogen) atoms. The Hall–Kier alpha value is -1.33. The van der Waals surface area contributed by atoms with Crippen LogP contribution < -0.4 is 5.32 Å². The summed E-state index contributed by atoms with van der Waals surface area (Å²) in [5.41, 5.74) is 0. The van der Waals surface area contributed by atoms with Gasteiger partial charge in [-0.15, -0.1) is 6.58 Å². The van der Waals surface area contributed by atoms with E-state index >= 15 is 0 Å². The molecule has 102 valence electrons. The molecule has 0 aliphatic rings. The molecule has 5 heteroatoms. The van der Waals surface area contributed by atoms with Gasteiger partial charge in [0.2, 0.25) is 5.95 Å². The summed E-state index contributed by atoms with van der Waals surface area (Å²) in [6, 6.07) is 0. The minimum atomic E-state index is 0.156. The van der Waals surface area contributed by atoms with Gasteiger partial charge in [-0.05, 0) is 13.6 Å². The lowest BCUT2D eigenvalue weighted by atomic mass is 10.3. The first kappa shape index (κ1) is 14.7.